The van der Waals surface area contributed by atoms with Gasteiger partial charge in [0.2, 0.25) is 0 Å². The average Bonchev–Trinajstić information content (AvgIpc) is 2.52. The maximum Gasteiger partial charge on any atom is 0.413 e. The number of carbonyl (C=O) groups is 1. The van der Waals surface area contributed by atoms with Crippen LogP contribution in [-0.2, 0) is 9.53 Å². The number of carbonyl (C=O) groups excluding carboxylic acids is 1. The van der Waals surface area contributed by atoms with Gasteiger partial charge in [-0.1, -0.05) is 6.08 Å². The molecule has 0 aromatic heterocycles. The zero-order valence-corrected chi connectivity index (χ0v) is 9.52. The molecule has 1 aliphatic heterocycles. The second kappa shape index (κ2) is 5.89. The van der Waals surface area contributed by atoms with Gasteiger partial charge in [-0.25, -0.2) is 0 Å². The Morgan fingerprint density at radius 1 is 1.38 bits per heavy atom. The van der Waals surface area contributed by atoms with E-state index in [1.807, 2.05) is 20.8 Å². The Kier molecular flexibility index (Phi) is 5.50. The van der Waals surface area contributed by atoms with Crippen LogP contribution in [0.5, 0.6) is 0 Å². The van der Waals surface area contributed by atoms with Crippen molar-refractivity contribution in [2.24, 2.45) is 0 Å². The van der Waals surface area contributed by atoms with Crippen LogP contribution in [0, 0.1) is 0 Å². The minimum absolute atomic E-state index is 0.0382. The molecule has 0 bridgehead atoms. The minimum atomic E-state index is -4.12. The molecule has 1 aliphatic rings. The zero-order valence-electron chi connectivity index (χ0n) is 9.52. The van der Waals surface area contributed by atoms with E-state index in [0.29, 0.717) is 13.0 Å². The summed E-state index contributed by atoms with van der Waals surface area (Å²) in [5.41, 5.74) is -0.774. The summed E-state index contributed by atoms with van der Waals surface area (Å²) >= 11 is 0. The highest BCUT2D eigenvalue weighted by molar-refractivity contribution is 5.37. The van der Waals surface area contributed by atoms with Gasteiger partial charge in [-0.2, -0.15) is 13.2 Å². The van der Waals surface area contributed by atoms with Crippen molar-refractivity contribution in [2.75, 3.05) is 13.1 Å². The number of rotatable bonds is 1. The topological polar surface area (TPSA) is 38.3 Å². The van der Waals surface area contributed by atoms with E-state index in [0.717, 1.165) is 0 Å². The summed E-state index contributed by atoms with van der Waals surface area (Å²) in [5, 5.41) is 2.57. The van der Waals surface area contributed by atoms with Gasteiger partial charge >= 0.3 is 6.18 Å². The fourth-order valence-corrected chi connectivity index (χ4v) is 0.835. The minimum Gasteiger partial charge on any atom is -0.462 e. The fraction of sp³-hybridized carbons (Fsp3) is 0.700. The molecule has 0 saturated carbocycles. The first-order valence-corrected chi connectivity index (χ1v) is 4.75. The van der Waals surface area contributed by atoms with Crippen molar-refractivity contribution in [1.29, 1.82) is 0 Å². The molecule has 94 valence electrons. The Morgan fingerprint density at radius 2 is 1.94 bits per heavy atom. The molecule has 0 aromatic carbocycles. The molecule has 0 spiro atoms. The Bertz CT molecular complexity index is 254. The third-order valence-electron chi connectivity index (χ3n) is 1.57. The van der Waals surface area contributed by atoms with Gasteiger partial charge < -0.3 is 10.1 Å². The van der Waals surface area contributed by atoms with Gasteiger partial charge in [0.25, 0.3) is 6.47 Å². The normalized spacial score (nSPS) is 16.0. The van der Waals surface area contributed by atoms with E-state index in [1.54, 1.807) is 0 Å². The van der Waals surface area contributed by atoms with E-state index in [9.17, 15) is 18.0 Å². The van der Waals surface area contributed by atoms with Crippen molar-refractivity contribution in [2.45, 2.75) is 32.5 Å². The van der Waals surface area contributed by atoms with Crippen molar-refractivity contribution < 1.29 is 22.7 Å². The summed E-state index contributed by atoms with van der Waals surface area (Å²) in [6.45, 7) is 6.22. The summed E-state index contributed by atoms with van der Waals surface area (Å²) in [4.78, 5) is 9.60. The lowest BCUT2D eigenvalue weighted by atomic mass is 10.2. The predicted molar refractivity (Wildman–Crippen MR) is 53.9 cm³/mol. The molecule has 1 heterocycles. The van der Waals surface area contributed by atoms with Gasteiger partial charge in [0, 0.05) is 18.7 Å². The molecule has 6 heteroatoms. The smallest absolute Gasteiger partial charge is 0.413 e. The van der Waals surface area contributed by atoms with Crippen LogP contribution in [0.1, 0.15) is 20.8 Å². The first-order chi connectivity index (χ1) is 7.17. The Labute approximate surface area is 92.7 Å². The predicted octanol–water partition coefficient (Wildman–Crippen LogP) is 2.04. The van der Waals surface area contributed by atoms with E-state index in [2.05, 4.69) is 10.1 Å². The van der Waals surface area contributed by atoms with E-state index in [1.165, 1.54) is 6.08 Å². The van der Waals surface area contributed by atoms with Crippen LogP contribution in [-0.4, -0.2) is 31.3 Å². The van der Waals surface area contributed by atoms with Crippen LogP contribution in [0.15, 0.2) is 11.6 Å². The molecule has 0 amide bonds. The lowest BCUT2D eigenvalue weighted by Gasteiger charge is -2.14. The molecule has 3 nitrogen and oxygen atoms in total. The third kappa shape index (κ3) is 7.28. The molecule has 0 fully saturated rings. The Morgan fingerprint density at radius 3 is 2.06 bits per heavy atom. The molecular weight excluding hydrogens is 223 g/mol. The summed E-state index contributed by atoms with van der Waals surface area (Å²) < 4.78 is 39.5. The molecule has 0 saturated heterocycles. The number of hydrogen-bond donors (Lipinski definition) is 1. The molecule has 0 radical (unpaired) electrons. The van der Waals surface area contributed by atoms with Gasteiger partial charge in [0.1, 0.15) is 5.60 Å². The van der Waals surface area contributed by atoms with Gasteiger partial charge in [-0.3, -0.25) is 4.79 Å². The first-order valence-electron chi connectivity index (χ1n) is 4.75. The molecule has 1 N–H and O–H groups in total. The first kappa shape index (κ1) is 15.0. The van der Waals surface area contributed by atoms with E-state index >= 15 is 0 Å². The fourth-order valence-electron chi connectivity index (χ4n) is 0.835. The number of hydrogen-bond acceptors (Lipinski definition) is 3. The van der Waals surface area contributed by atoms with Crippen molar-refractivity contribution in [3.63, 3.8) is 0 Å². The number of alkyl halides is 3. The third-order valence-corrected chi connectivity index (χ3v) is 1.57. The summed E-state index contributed by atoms with van der Waals surface area (Å²) in [7, 11) is 0. The van der Waals surface area contributed by atoms with Crippen LogP contribution < -0.4 is 5.32 Å². The van der Waals surface area contributed by atoms with E-state index in [4.69, 9.17) is 0 Å². The molecule has 16 heavy (non-hydrogen) atoms. The lowest BCUT2D eigenvalue weighted by Crippen LogP contribution is -2.17. The molecule has 0 aromatic rings. The van der Waals surface area contributed by atoms with Crippen molar-refractivity contribution in [3.05, 3.63) is 11.6 Å². The van der Waals surface area contributed by atoms with Crippen LogP contribution in [0.25, 0.3) is 0 Å². The second-order valence-electron chi connectivity index (χ2n) is 4.18. The quantitative estimate of drug-likeness (QED) is 0.562. The maximum atomic E-state index is 11.7. The standard InChI is InChI=1S/C5H6F3N.C5H10O2/c6-5(7,8)4-1-2-9-3-4;1-5(2,3)7-4-6/h1,9H,2-3H2;4H,1-3H3. The molecule has 0 atom stereocenters. The average molecular weight is 239 g/mol. The largest absolute Gasteiger partial charge is 0.462 e. The highest BCUT2D eigenvalue weighted by Gasteiger charge is 2.34. The number of nitrogens with one attached hydrogen (secondary N) is 1. The lowest BCUT2D eigenvalue weighted by molar-refractivity contribution is -0.138. The van der Waals surface area contributed by atoms with E-state index in [-0.39, 0.29) is 12.1 Å². The summed E-state index contributed by atoms with van der Waals surface area (Å²) in [5.74, 6) is 0. The maximum absolute atomic E-state index is 11.7. The van der Waals surface area contributed by atoms with Gasteiger partial charge in [0.05, 0.1) is 0 Å². The zero-order chi connectivity index (χ0) is 12.8. The van der Waals surface area contributed by atoms with Gasteiger partial charge in [-0.05, 0) is 20.8 Å². The molecule has 0 aliphatic carbocycles. The molecule has 1 rings (SSSR count). The molecule has 0 unspecified atom stereocenters. The van der Waals surface area contributed by atoms with Crippen molar-refractivity contribution >= 4 is 6.47 Å². The summed E-state index contributed by atoms with van der Waals surface area (Å²) in [6.07, 6.45) is -2.95. The second-order valence-corrected chi connectivity index (χ2v) is 4.18. The Hall–Kier alpha value is -1.04. The Balaban J connectivity index is 0.000000293. The van der Waals surface area contributed by atoms with Crippen LogP contribution in [0.3, 0.4) is 0 Å². The van der Waals surface area contributed by atoms with E-state index < -0.39 is 11.7 Å². The van der Waals surface area contributed by atoms with Crippen LogP contribution >= 0.6 is 0 Å². The number of ether oxygens (including phenoxy) is 1. The van der Waals surface area contributed by atoms with Gasteiger partial charge in [0.15, 0.2) is 0 Å². The van der Waals surface area contributed by atoms with Crippen molar-refractivity contribution in [3.8, 4) is 0 Å². The van der Waals surface area contributed by atoms with Crippen LogP contribution in [0.2, 0.25) is 0 Å². The molecular formula is C10H16F3NO2. The highest BCUT2D eigenvalue weighted by Crippen LogP contribution is 2.25. The highest BCUT2D eigenvalue weighted by atomic mass is 19.4. The SMILES string of the molecule is CC(C)(C)OC=O.FC(F)(F)C1=CCNC1. The van der Waals surface area contributed by atoms with Crippen LogP contribution in [0.4, 0.5) is 13.2 Å². The number of halogens is 3. The monoisotopic (exact) mass is 239 g/mol. The summed E-state index contributed by atoms with van der Waals surface area (Å²) in [6, 6.07) is 0. The van der Waals surface area contributed by atoms with Gasteiger partial charge in [-0.15, -0.1) is 0 Å². The van der Waals surface area contributed by atoms with Crippen molar-refractivity contribution in [1.82, 2.24) is 5.32 Å².